The quantitative estimate of drug-likeness (QED) is 0.853. The number of hydrazine groups is 1. The molecule has 0 aliphatic carbocycles. The third-order valence-electron chi connectivity index (χ3n) is 3.48. The lowest BCUT2D eigenvalue weighted by molar-refractivity contribution is -0.121. The molecule has 2 N–H and O–H groups in total. The van der Waals surface area contributed by atoms with Crippen molar-refractivity contribution in [3.63, 3.8) is 0 Å². The summed E-state index contributed by atoms with van der Waals surface area (Å²) in [6, 6.07) is 11.7. The molecule has 2 amide bonds. The van der Waals surface area contributed by atoms with E-state index in [0.717, 1.165) is 23.5 Å². The molecule has 5 nitrogen and oxygen atoms in total. The van der Waals surface area contributed by atoms with Gasteiger partial charge in [-0.15, -0.1) is 0 Å². The normalized spacial score (nSPS) is 10.3. The Morgan fingerprint density at radius 2 is 1.77 bits per heavy atom. The summed E-state index contributed by atoms with van der Waals surface area (Å²) < 4.78 is 2.02. The van der Waals surface area contributed by atoms with Crippen molar-refractivity contribution in [3.05, 3.63) is 53.3 Å². The molecule has 0 bridgehead atoms. The molecule has 0 radical (unpaired) electrons. The monoisotopic (exact) mass is 299 g/mol. The van der Waals surface area contributed by atoms with Crippen LogP contribution in [0.1, 0.15) is 41.5 Å². The van der Waals surface area contributed by atoms with Crippen LogP contribution in [-0.2, 0) is 4.79 Å². The van der Waals surface area contributed by atoms with Crippen molar-refractivity contribution in [2.75, 3.05) is 0 Å². The van der Waals surface area contributed by atoms with Crippen molar-refractivity contribution in [3.8, 4) is 5.69 Å². The average Bonchev–Trinajstić information content (AvgIpc) is 2.81. The van der Waals surface area contributed by atoms with Crippen LogP contribution in [0.3, 0.4) is 0 Å². The summed E-state index contributed by atoms with van der Waals surface area (Å²) >= 11 is 0. The second-order valence-corrected chi connectivity index (χ2v) is 5.21. The van der Waals surface area contributed by atoms with Gasteiger partial charge in [-0.25, -0.2) is 0 Å². The third-order valence-corrected chi connectivity index (χ3v) is 3.48. The van der Waals surface area contributed by atoms with Crippen LogP contribution >= 0.6 is 0 Å². The zero-order valence-corrected chi connectivity index (χ0v) is 13.1. The zero-order valence-electron chi connectivity index (χ0n) is 13.1. The second kappa shape index (κ2) is 6.93. The Morgan fingerprint density at radius 1 is 1.09 bits per heavy atom. The van der Waals surface area contributed by atoms with Gasteiger partial charge < -0.3 is 4.57 Å². The molecule has 1 heterocycles. The summed E-state index contributed by atoms with van der Waals surface area (Å²) in [5.41, 5.74) is 8.26. The van der Waals surface area contributed by atoms with Crippen LogP contribution in [0, 0.1) is 13.8 Å². The van der Waals surface area contributed by atoms with Crippen LogP contribution in [0.5, 0.6) is 0 Å². The minimum atomic E-state index is -0.306. The molecule has 5 heteroatoms. The first-order valence-electron chi connectivity index (χ1n) is 7.38. The Kier molecular flexibility index (Phi) is 4.99. The first-order valence-corrected chi connectivity index (χ1v) is 7.38. The summed E-state index contributed by atoms with van der Waals surface area (Å²) in [4.78, 5) is 23.7. The van der Waals surface area contributed by atoms with E-state index in [0.29, 0.717) is 12.0 Å². The van der Waals surface area contributed by atoms with Crippen molar-refractivity contribution < 1.29 is 9.59 Å². The third kappa shape index (κ3) is 3.36. The second-order valence-electron chi connectivity index (χ2n) is 5.21. The molecule has 0 atom stereocenters. The number of nitrogens with zero attached hydrogens (tertiary/aromatic N) is 1. The maximum atomic E-state index is 12.2. The molecule has 2 aromatic rings. The number of nitrogens with one attached hydrogen (secondary N) is 2. The first-order chi connectivity index (χ1) is 10.5. The largest absolute Gasteiger partial charge is 0.318 e. The van der Waals surface area contributed by atoms with Crippen LogP contribution in [-0.4, -0.2) is 16.4 Å². The summed E-state index contributed by atoms with van der Waals surface area (Å²) in [6.45, 7) is 5.75. The van der Waals surface area contributed by atoms with Gasteiger partial charge in [-0.05, 0) is 38.5 Å². The van der Waals surface area contributed by atoms with Crippen molar-refractivity contribution in [2.45, 2.75) is 33.6 Å². The predicted molar refractivity (Wildman–Crippen MR) is 85.8 cm³/mol. The van der Waals surface area contributed by atoms with E-state index in [4.69, 9.17) is 0 Å². The standard InChI is InChI=1S/C17H21N3O2/c1-4-8-16(21)18-19-17(22)15-11-12(2)20(13(15)3)14-9-6-5-7-10-14/h5-7,9-11H,4,8H2,1-3H3,(H,18,21)(H,19,22). The van der Waals surface area contributed by atoms with Gasteiger partial charge in [-0.1, -0.05) is 25.1 Å². The van der Waals surface area contributed by atoms with Gasteiger partial charge in [0.1, 0.15) is 0 Å². The summed E-state index contributed by atoms with van der Waals surface area (Å²) in [5.74, 6) is -0.493. The summed E-state index contributed by atoms with van der Waals surface area (Å²) in [5, 5.41) is 0. The smallest absolute Gasteiger partial charge is 0.271 e. The molecule has 2 rings (SSSR count). The van der Waals surface area contributed by atoms with E-state index in [1.54, 1.807) is 0 Å². The Bertz CT molecular complexity index is 675. The number of rotatable bonds is 4. The van der Waals surface area contributed by atoms with Gasteiger partial charge in [0.25, 0.3) is 5.91 Å². The highest BCUT2D eigenvalue weighted by Gasteiger charge is 2.16. The number of carbonyl (C=O) groups is 2. The molecular weight excluding hydrogens is 278 g/mol. The molecule has 0 aliphatic rings. The first kappa shape index (κ1) is 15.8. The van der Waals surface area contributed by atoms with Crippen molar-refractivity contribution in [1.82, 2.24) is 15.4 Å². The van der Waals surface area contributed by atoms with Crippen molar-refractivity contribution in [2.24, 2.45) is 0 Å². The topological polar surface area (TPSA) is 63.1 Å². The van der Waals surface area contributed by atoms with Gasteiger partial charge in [-0.2, -0.15) is 0 Å². The molecule has 0 aliphatic heterocycles. The van der Waals surface area contributed by atoms with Crippen molar-refractivity contribution >= 4 is 11.8 Å². The molecule has 0 saturated carbocycles. The van der Waals surface area contributed by atoms with E-state index >= 15 is 0 Å². The Balaban J connectivity index is 2.20. The molecule has 0 saturated heterocycles. The predicted octanol–water partition coefficient (Wildman–Crippen LogP) is 2.66. The highest BCUT2D eigenvalue weighted by molar-refractivity contribution is 5.96. The van der Waals surface area contributed by atoms with E-state index in [1.807, 2.05) is 61.7 Å². The highest BCUT2D eigenvalue weighted by Crippen LogP contribution is 2.20. The van der Waals surface area contributed by atoms with Crippen LogP contribution in [0.25, 0.3) is 5.69 Å². The van der Waals surface area contributed by atoms with Gasteiger partial charge in [0.2, 0.25) is 5.91 Å². The number of aromatic nitrogens is 1. The summed E-state index contributed by atoms with van der Waals surface area (Å²) in [6.07, 6.45) is 1.13. The molecule has 116 valence electrons. The maximum absolute atomic E-state index is 12.2. The maximum Gasteiger partial charge on any atom is 0.271 e. The van der Waals surface area contributed by atoms with Crippen molar-refractivity contribution in [1.29, 1.82) is 0 Å². The van der Waals surface area contributed by atoms with E-state index < -0.39 is 0 Å². The molecular formula is C17H21N3O2. The summed E-state index contributed by atoms with van der Waals surface area (Å²) in [7, 11) is 0. The van der Waals surface area contributed by atoms with E-state index in [1.165, 1.54) is 0 Å². The number of para-hydroxylation sites is 1. The minimum absolute atomic E-state index is 0.187. The number of hydrogen-bond donors (Lipinski definition) is 2. The molecule has 0 unspecified atom stereocenters. The SMILES string of the molecule is CCCC(=O)NNC(=O)c1cc(C)n(-c2ccccc2)c1C. The van der Waals surface area contributed by atoms with E-state index in [-0.39, 0.29) is 11.8 Å². The number of hydrogen-bond acceptors (Lipinski definition) is 2. The number of amides is 2. The van der Waals surface area contributed by atoms with Gasteiger partial charge in [0, 0.05) is 23.5 Å². The number of benzene rings is 1. The lowest BCUT2D eigenvalue weighted by Gasteiger charge is -2.10. The van der Waals surface area contributed by atoms with Crippen LogP contribution in [0.2, 0.25) is 0 Å². The fraction of sp³-hybridized carbons (Fsp3) is 0.294. The fourth-order valence-corrected chi connectivity index (χ4v) is 2.45. The Labute approximate surface area is 130 Å². The van der Waals surface area contributed by atoms with Crippen LogP contribution in [0.4, 0.5) is 0 Å². The highest BCUT2D eigenvalue weighted by atomic mass is 16.2. The number of carbonyl (C=O) groups excluding carboxylic acids is 2. The fourth-order valence-electron chi connectivity index (χ4n) is 2.45. The number of aryl methyl sites for hydroxylation is 1. The average molecular weight is 299 g/mol. The van der Waals surface area contributed by atoms with Gasteiger partial charge in [-0.3, -0.25) is 20.4 Å². The lowest BCUT2D eigenvalue weighted by atomic mass is 10.2. The molecule has 0 fully saturated rings. The van der Waals surface area contributed by atoms with Crippen LogP contribution in [0.15, 0.2) is 36.4 Å². The van der Waals surface area contributed by atoms with E-state index in [2.05, 4.69) is 10.9 Å². The minimum Gasteiger partial charge on any atom is -0.318 e. The zero-order chi connectivity index (χ0) is 16.1. The molecule has 1 aromatic carbocycles. The van der Waals surface area contributed by atoms with Crippen LogP contribution < -0.4 is 10.9 Å². The van der Waals surface area contributed by atoms with Gasteiger partial charge in [0.05, 0.1) is 5.56 Å². The Hall–Kier alpha value is -2.56. The molecule has 22 heavy (non-hydrogen) atoms. The van der Waals surface area contributed by atoms with E-state index in [9.17, 15) is 9.59 Å². The molecule has 1 aromatic heterocycles. The van der Waals surface area contributed by atoms with Gasteiger partial charge in [0.15, 0.2) is 0 Å². The lowest BCUT2D eigenvalue weighted by Crippen LogP contribution is -2.41. The van der Waals surface area contributed by atoms with Gasteiger partial charge >= 0.3 is 0 Å². The molecule has 0 spiro atoms. The Morgan fingerprint density at radius 3 is 2.41 bits per heavy atom.